The van der Waals surface area contributed by atoms with E-state index in [0.717, 1.165) is 12.8 Å². The standard InChI is InChI=1S/C14H16ClN3O2.C10H18O.C5H5N5S/c1-14(2,3)12(19)13(18-9-16-8-17-18)20-11-6-4-10(15)5-7-11;1-5-10(4,11)8-6-7-9(2)3;6-5-9-3-2(4(11)10-5)7-1-8-3/h4-9,13H,1-3H3;5,7,11H,1,6,8H2,2-4H3;1H,(H4,6,7,8,9,10,11). The Balaban J connectivity index is 0.000000239. The number of carbonyl (C=O) groups excluding carboxylic acids is 1. The highest BCUT2D eigenvalue weighted by Crippen LogP contribution is 2.26. The summed E-state index contributed by atoms with van der Waals surface area (Å²) in [6.45, 7) is 15.0. The molecule has 0 saturated carbocycles. The number of imidazole rings is 1. The first kappa shape index (κ1) is 34.3. The molecule has 0 aliphatic rings. The lowest BCUT2D eigenvalue weighted by Gasteiger charge is -2.25. The third kappa shape index (κ3) is 11.2. The molecule has 3 heterocycles. The molecule has 0 spiro atoms. The molecule has 0 amide bonds. The van der Waals surface area contributed by atoms with Gasteiger partial charge in [0.25, 0.3) is 6.23 Å². The average Bonchev–Trinajstić information content (AvgIpc) is 3.61. The third-order valence-corrected chi connectivity index (χ3v) is 6.21. The molecule has 0 aliphatic carbocycles. The van der Waals surface area contributed by atoms with E-state index >= 15 is 0 Å². The fourth-order valence-electron chi connectivity index (χ4n) is 3.20. The van der Waals surface area contributed by atoms with Crippen LogP contribution in [0.1, 0.15) is 60.6 Å². The number of allylic oxidation sites excluding steroid dienone is 2. The number of halogens is 1. The van der Waals surface area contributed by atoms with Crippen molar-refractivity contribution in [1.29, 1.82) is 0 Å². The number of aliphatic hydroxyl groups is 1. The first-order valence-corrected chi connectivity index (χ1v) is 13.9. The minimum atomic E-state index is -0.848. The zero-order chi connectivity index (χ0) is 31.5. The number of nitrogens with two attached hydrogens (primary N) is 1. The number of nitrogen functional groups attached to an aromatic ring is 1. The van der Waals surface area contributed by atoms with E-state index in [-0.39, 0.29) is 11.7 Å². The van der Waals surface area contributed by atoms with E-state index in [9.17, 15) is 9.90 Å². The van der Waals surface area contributed by atoms with Crippen molar-refractivity contribution in [3.8, 4) is 5.75 Å². The lowest BCUT2D eigenvalue weighted by atomic mass is 9.90. The first-order chi connectivity index (χ1) is 19.6. The first-order valence-electron chi connectivity index (χ1n) is 13.1. The number of nitrogens with zero attached hydrogens (tertiary/aromatic N) is 5. The van der Waals surface area contributed by atoms with Crippen LogP contribution in [-0.2, 0) is 4.79 Å². The summed E-state index contributed by atoms with van der Waals surface area (Å²) < 4.78 is 7.60. The maximum Gasteiger partial charge on any atom is 0.252 e. The molecule has 1 aromatic carbocycles. The predicted molar refractivity (Wildman–Crippen MR) is 169 cm³/mol. The van der Waals surface area contributed by atoms with Gasteiger partial charge >= 0.3 is 0 Å². The summed E-state index contributed by atoms with van der Waals surface area (Å²) in [7, 11) is 0. The molecule has 3 aromatic heterocycles. The molecule has 0 aliphatic heterocycles. The van der Waals surface area contributed by atoms with Crippen molar-refractivity contribution in [2.45, 2.75) is 66.2 Å². The second-order valence-corrected chi connectivity index (χ2v) is 11.7. The molecule has 226 valence electrons. The van der Waals surface area contributed by atoms with E-state index in [1.807, 2.05) is 20.8 Å². The van der Waals surface area contributed by atoms with Gasteiger partial charge in [0.2, 0.25) is 11.7 Å². The van der Waals surface area contributed by atoms with Crippen LogP contribution in [-0.4, -0.2) is 51.2 Å². The van der Waals surface area contributed by atoms with Crippen LogP contribution in [0.15, 0.2) is 67.6 Å². The molecule has 5 N–H and O–H groups in total. The van der Waals surface area contributed by atoms with E-state index in [0.29, 0.717) is 26.6 Å². The van der Waals surface area contributed by atoms with Crippen LogP contribution in [0.4, 0.5) is 5.95 Å². The molecule has 0 saturated heterocycles. The van der Waals surface area contributed by atoms with Crippen LogP contribution in [0.25, 0.3) is 11.2 Å². The van der Waals surface area contributed by atoms with Gasteiger partial charge in [-0.25, -0.2) is 19.6 Å². The summed E-state index contributed by atoms with van der Waals surface area (Å²) in [5.41, 5.74) is 6.80. The number of aromatic amines is 2. The quantitative estimate of drug-likeness (QED) is 0.130. The van der Waals surface area contributed by atoms with Gasteiger partial charge in [0.1, 0.15) is 23.9 Å². The Bertz CT molecular complexity index is 1520. The molecule has 0 bridgehead atoms. The van der Waals surface area contributed by atoms with Gasteiger partial charge in [-0.05, 0) is 57.9 Å². The zero-order valence-corrected chi connectivity index (χ0v) is 26.3. The molecule has 11 nitrogen and oxygen atoms in total. The Morgan fingerprint density at radius 1 is 1.26 bits per heavy atom. The number of nitrogens with one attached hydrogen (secondary N) is 2. The van der Waals surface area contributed by atoms with Gasteiger partial charge in [0.05, 0.1) is 11.9 Å². The lowest BCUT2D eigenvalue weighted by Crippen LogP contribution is -2.34. The van der Waals surface area contributed by atoms with E-state index in [2.05, 4.69) is 56.5 Å². The maximum atomic E-state index is 12.5. The summed E-state index contributed by atoms with van der Waals surface area (Å²) in [6, 6.07) is 6.83. The van der Waals surface area contributed by atoms with E-state index in [1.54, 1.807) is 37.3 Å². The molecule has 2 atom stereocenters. The SMILES string of the molecule is C=CC(C)(O)CCC=C(C)C.CC(C)(C)C(=O)C(Oc1ccc(Cl)cc1)n1cncn1.Nc1nc(=S)c2[nH]cnc2[nH]1. The van der Waals surface area contributed by atoms with Crippen molar-refractivity contribution in [3.05, 3.63) is 77.2 Å². The highest BCUT2D eigenvalue weighted by atomic mass is 35.5. The smallest absolute Gasteiger partial charge is 0.252 e. The summed E-state index contributed by atoms with van der Waals surface area (Å²) in [4.78, 5) is 29.8. The van der Waals surface area contributed by atoms with Crippen LogP contribution in [0.3, 0.4) is 0 Å². The summed E-state index contributed by atoms with van der Waals surface area (Å²) in [5.74, 6) is 0.750. The third-order valence-electron chi connectivity index (χ3n) is 5.67. The number of rotatable bonds is 8. The number of ether oxygens (including phenoxy) is 1. The molecular formula is C29H39ClN8O3S. The molecule has 0 radical (unpaired) electrons. The van der Waals surface area contributed by atoms with Crippen LogP contribution < -0.4 is 10.5 Å². The Kier molecular flexibility index (Phi) is 12.6. The van der Waals surface area contributed by atoms with Crippen molar-refractivity contribution >= 4 is 46.7 Å². The molecule has 13 heteroatoms. The number of H-pyrrole nitrogens is 2. The minimum Gasteiger partial charge on any atom is -0.461 e. The van der Waals surface area contributed by atoms with Gasteiger partial charge in [-0.3, -0.25) is 4.79 Å². The molecule has 4 aromatic rings. The second kappa shape index (κ2) is 15.4. The number of hydrogen-bond donors (Lipinski definition) is 4. The van der Waals surface area contributed by atoms with Crippen molar-refractivity contribution in [3.63, 3.8) is 0 Å². The van der Waals surface area contributed by atoms with Crippen molar-refractivity contribution in [2.24, 2.45) is 5.41 Å². The summed E-state index contributed by atoms with van der Waals surface area (Å²) >= 11 is 10.7. The number of carbonyl (C=O) groups is 1. The fraction of sp³-hybridized carbons (Fsp3) is 0.379. The molecule has 4 rings (SSSR count). The molecule has 42 heavy (non-hydrogen) atoms. The number of anilines is 1. The predicted octanol–water partition coefficient (Wildman–Crippen LogP) is 6.39. The zero-order valence-electron chi connectivity index (χ0n) is 24.8. The van der Waals surface area contributed by atoms with Crippen molar-refractivity contribution in [2.75, 3.05) is 5.73 Å². The molecular weight excluding hydrogens is 576 g/mol. The van der Waals surface area contributed by atoms with Gasteiger partial charge in [-0.1, -0.05) is 62.3 Å². The highest BCUT2D eigenvalue weighted by Gasteiger charge is 2.33. The number of ketones is 1. The fourth-order valence-corrected chi connectivity index (χ4v) is 3.58. The van der Waals surface area contributed by atoms with Crippen molar-refractivity contribution < 1.29 is 14.6 Å². The molecule has 0 fully saturated rings. The monoisotopic (exact) mass is 614 g/mol. The van der Waals surface area contributed by atoms with Gasteiger partial charge in [-0.15, -0.1) is 6.58 Å². The number of Topliss-reactive ketones (excluding diaryl/α,β-unsaturated/α-hetero) is 1. The summed E-state index contributed by atoms with van der Waals surface area (Å²) in [5, 5.41) is 14.1. The van der Waals surface area contributed by atoms with Gasteiger partial charge in [-0.2, -0.15) is 5.10 Å². The minimum absolute atomic E-state index is 0.0852. The van der Waals surface area contributed by atoms with Crippen LogP contribution in [0, 0.1) is 10.1 Å². The van der Waals surface area contributed by atoms with E-state index in [4.69, 9.17) is 34.3 Å². The van der Waals surface area contributed by atoms with Crippen LogP contribution >= 0.6 is 23.8 Å². The maximum absolute atomic E-state index is 12.5. The number of hydrogen-bond acceptors (Lipinski definition) is 9. The number of aromatic nitrogens is 7. The number of benzene rings is 1. The Morgan fingerprint density at radius 2 is 1.93 bits per heavy atom. The van der Waals surface area contributed by atoms with E-state index in [1.165, 1.54) is 29.2 Å². The summed E-state index contributed by atoms with van der Waals surface area (Å²) in [6.07, 6.45) is 8.90. The number of fused-ring (bicyclic) bond motifs is 1. The average molecular weight is 615 g/mol. The second-order valence-electron chi connectivity index (χ2n) is 10.8. The van der Waals surface area contributed by atoms with Gasteiger partial charge in [0.15, 0.2) is 10.3 Å². The van der Waals surface area contributed by atoms with Gasteiger partial charge in [0, 0.05) is 10.4 Å². The van der Waals surface area contributed by atoms with E-state index < -0.39 is 17.2 Å². The normalized spacial score (nSPS) is 13.0. The lowest BCUT2D eigenvalue weighted by molar-refractivity contribution is -0.138. The largest absolute Gasteiger partial charge is 0.461 e. The molecule has 2 unspecified atom stereocenters. The van der Waals surface area contributed by atoms with Crippen LogP contribution in [0.5, 0.6) is 5.75 Å². The van der Waals surface area contributed by atoms with Crippen LogP contribution in [0.2, 0.25) is 5.02 Å². The Labute approximate surface area is 255 Å². The highest BCUT2D eigenvalue weighted by molar-refractivity contribution is 7.71. The van der Waals surface area contributed by atoms with Crippen molar-refractivity contribution in [1.82, 2.24) is 34.7 Å². The Hall–Kier alpha value is -3.87. The Morgan fingerprint density at radius 3 is 2.48 bits per heavy atom. The topological polar surface area (TPSA) is 161 Å². The van der Waals surface area contributed by atoms with Gasteiger partial charge < -0.3 is 25.5 Å².